The van der Waals surface area contributed by atoms with E-state index in [0.717, 1.165) is 11.1 Å². The Kier molecular flexibility index (Phi) is 6.08. The third-order valence-electron chi connectivity index (χ3n) is 5.41. The van der Waals surface area contributed by atoms with E-state index in [1.165, 1.54) is 19.2 Å². The van der Waals surface area contributed by atoms with Crippen molar-refractivity contribution in [2.45, 2.75) is 12.8 Å². The van der Waals surface area contributed by atoms with Crippen LogP contribution < -0.4 is 16.4 Å². The van der Waals surface area contributed by atoms with Gasteiger partial charge in [-0.3, -0.25) is 14.4 Å². The first kappa shape index (κ1) is 22.0. The van der Waals surface area contributed by atoms with E-state index in [4.69, 9.17) is 10.2 Å². The number of hydrogen-bond donors (Lipinski definition) is 3. The van der Waals surface area contributed by atoms with E-state index in [9.17, 15) is 18.8 Å². The highest BCUT2D eigenvalue weighted by Gasteiger charge is 2.23. The van der Waals surface area contributed by atoms with Crippen LogP contribution in [-0.4, -0.2) is 31.3 Å². The van der Waals surface area contributed by atoms with Crippen molar-refractivity contribution in [2.75, 3.05) is 13.6 Å². The molecule has 168 valence electrons. The van der Waals surface area contributed by atoms with Gasteiger partial charge in [-0.25, -0.2) is 4.39 Å². The molecule has 0 aliphatic heterocycles. The number of amides is 3. The van der Waals surface area contributed by atoms with Gasteiger partial charge in [-0.15, -0.1) is 0 Å². The van der Waals surface area contributed by atoms with Crippen molar-refractivity contribution in [3.8, 4) is 11.3 Å². The molecule has 2 aromatic carbocycles. The average Bonchev–Trinajstić information content (AvgIpc) is 3.21. The van der Waals surface area contributed by atoms with Gasteiger partial charge in [0.2, 0.25) is 5.91 Å². The van der Waals surface area contributed by atoms with Crippen molar-refractivity contribution < 1.29 is 23.2 Å². The molecule has 1 aliphatic carbocycles. The maximum atomic E-state index is 13.4. The quantitative estimate of drug-likeness (QED) is 0.538. The highest BCUT2D eigenvalue weighted by atomic mass is 19.1. The van der Waals surface area contributed by atoms with Gasteiger partial charge < -0.3 is 20.8 Å². The Morgan fingerprint density at radius 1 is 1.06 bits per heavy atom. The summed E-state index contributed by atoms with van der Waals surface area (Å²) in [6.07, 6.45) is 4.92. The van der Waals surface area contributed by atoms with Crippen molar-refractivity contribution in [3.63, 3.8) is 0 Å². The van der Waals surface area contributed by atoms with Gasteiger partial charge in [-0.05, 0) is 66.5 Å². The lowest BCUT2D eigenvalue weighted by Crippen LogP contribution is -2.34. The van der Waals surface area contributed by atoms with Crippen LogP contribution in [0, 0.1) is 5.82 Å². The SMILES string of the molecule is CNC(=O)c1c(-c2ccc(F)cc2)oc2ccc(C3=CC(C(=O)NCC(N)=O)=CCC3)cc12. The molecule has 1 aliphatic rings. The van der Waals surface area contributed by atoms with Gasteiger partial charge in [0.05, 0.1) is 12.1 Å². The number of primary amides is 1. The highest BCUT2D eigenvalue weighted by molar-refractivity contribution is 6.11. The molecule has 0 saturated carbocycles. The van der Waals surface area contributed by atoms with Gasteiger partial charge in [-0.1, -0.05) is 12.1 Å². The van der Waals surface area contributed by atoms with E-state index in [1.807, 2.05) is 12.1 Å². The fraction of sp³-hybridized carbons (Fsp3) is 0.160. The summed E-state index contributed by atoms with van der Waals surface area (Å²) >= 11 is 0. The molecule has 0 bridgehead atoms. The lowest BCUT2D eigenvalue weighted by molar-refractivity contribution is -0.122. The third kappa shape index (κ3) is 4.55. The molecule has 8 heteroatoms. The minimum absolute atomic E-state index is 0.234. The largest absolute Gasteiger partial charge is 0.455 e. The summed E-state index contributed by atoms with van der Waals surface area (Å²) < 4.78 is 19.4. The van der Waals surface area contributed by atoms with Crippen LogP contribution in [0.2, 0.25) is 0 Å². The predicted octanol–water partition coefficient (Wildman–Crippen LogP) is 3.30. The zero-order chi connectivity index (χ0) is 23.5. The summed E-state index contributed by atoms with van der Waals surface area (Å²) in [5.74, 6) is -1.35. The van der Waals surface area contributed by atoms with Crippen molar-refractivity contribution in [3.05, 3.63) is 77.1 Å². The first-order valence-electron chi connectivity index (χ1n) is 10.4. The topological polar surface area (TPSA) is 114 Å². The van der Waals surface area contributed by atoms with Crippen LogP contribution in [0.4, 0.5) is 4.39 Å². The zero-order valence-electron chi connectivity index (χ0n) is 17.9. The summed E-state index contributed by atoms with van der Waals surface area (Å²) in [4.78, 5) is 36.0. The van der Waals surface area contributed by atoms with E-state index >= 15 is 0 Å². The lowest BCUT2D eigenvalue weighted by Gasteiger charge is -2.14. The highest BCUT2D eigenvalue weighted by Crippen LogP contribution is 2.36. The number of benzene rings is 2. The Hall–Kier alpha value is -4.20. The van der Waals surface area contributed by atoms with Crippen LogP contribution in [0.3, 0.4) is 0 Å². The molecule has 0 saturated heterocycles. The van der Waals surface area contributed by atoms with Crippen LogP contribution in [0.15, 0.2) is 64.6 Å². The summed E-state index contributed by atoms with van der Waals surface area (Å²) in [5, 5.41) is 5.74. The third-order valence-corrected chi connectivity index (χ3v) is 5.41. The smallest absolute Gasteiger partial charge is 0.255 e. The fourth-order valence-electron chi connectivity index (χ4n) is 3.81. The van der Waals surface area contributed by atoms with Crippen molar-refractivity contribution >= 4 is 34.3 Å². The van der Waals surface area contributed by atoms with Crippen LogP contribution in [0.25, 0.3) is 27.9 Å². The number of halogens is 1. The first-order valence-corrected chi connectivity index (χ1v) is 10.4. The molecular formula is C25H22FN3O4. The van der Waals surface area contributed by atoms with Gasteiger partial charge in [0.25, 0.3) is 11.8 Å². The number of allylic oxidation sites excluding steroid dienone is 2. The number of fused-ring (bicyclic) bond motifs is 1. The first-order chi connectivity index (χ1) is 15.9. The molecule has 4 rings (SSSR count). The van der Waals surface area contributed by atoms with Crippen LogP contribution in [0.5, 0.6) is 0 Å². The molecular weight excluding hydrogens is 425 g/mol. The van der Waals surface area contributed by atoms with Gasteiger partial charge in [0, 0.05) is 23.6 Å². The van der Waals surface area contributed by atoms with Crippen molar-refractivity contribution in [2.24, 2.45) is 5.73 Å². The molecule has 0 spiro atoms. The second-order valence-corrected chi connectivity index (χ2v) is 7.62. The summed E-state index contributed by atoms with van der Waals surface area (Å²) in [6, 6.07) is 11.2. The van der Waals surface area contributed by atoms with E-state index in [-0.39, 0.29) is 24.2 Å². The molecule has 1 heterocycles. The zero-order valence-corrected chi connectivity index (χ0v) is 17.9. The van der Waals surface area contributed by atoms with E-state index in [0.29, 0.717) is 46.3 Å². The summed E-state index contributed by atoms with van der Waals surface area (Å²) in [5.41, 5.74) is 8.75. The normalized spacial score (nSPS) is 13.3. The molecule has 4 N–H and O–H groups in total. The predicted molar refractivity (Wildman–Crippen MR) is 122 cm³/mol. The molecule has 7 nitrogen and oxygen atoms in total. The Bertz CT molecular complexity index is 1320. The Morgan fingerprint density at radius 2 is 1.79 bits per heavy atom. The van der Waals surface area contributed by atoms with Gasteiger partial charge in [-0.2, -0.15) is 0 Å². The molecule has 0 fully saturated rings. The maximum Gasteiger partial charge on any atom is 0.255 e. The maximum absolute atomic E-state index is 13.4. The number of carbonyl (C=O) groups excluding carboxylic acids is 3. The number of nitrogens with two attached hydrogens (primary N) is 1. The number of hydrogen-bond acceptors (Lipinski definition) is 4. The monoisotopic (exact) mass is 447 g/mol. The van der Waals surface area contributed by atoms with Gasteiger partial charge in [0.1, 0.15) is 17.2 Å². The van der Waals surface area contributed by atoms with Crippen LogP contribution >= 0.6 is 0 Å². The van der Waals surface area contributed by atoms with E-state index in [1.54, 1.807) is 30.4 Å². The Labute approximate surface area is 189 Å². The summed E-state index contributed by atoms with van der Waals surface area (Å²) in [6.45, 7) is -0.234. The standard InChI is InChI=1S/C25H22FN3O4/c1-28-25(32)22-19-12-16(15-3-2-4-17(11-15)24(31)29-13-21(27)30)7-10-20(19)33-23(22)14-5-8-18(26)9-6-14/h4-12H,2-3,13H2,1H3,(H2,27,30)(H,28,32)(H,29,31). The molecule has 33 heavy (non-hydrogen) atoms. The number of nitrogens with one attached hydrogen (secondary N) is 2. The number of furan rings is 1. The molecule has 0 unspecified atom stereocenters. The minimum Gasteiger partial charge on any atom is -0.455 e. The molecule has 3 aromatic rings. The van der Waals surface area contributed by atoms with Crippen molar-refractivity contribution in [1.29, 1.82) is 0 Å². The second-order valence-electron chi connectivity index (χ2n) is 7.62. The number of rotatable bonds is 6. The average molecular weight is 447 g/mol. The van der Waals surface area contributed by atoms with Crippen molar-refractivity contribution in [1.82, 2.24) is 10.6 Å². The van der Waals surface area contributed by atoms with Gasteiger partial charge >= 0.3 is 0 Å². The van der Waals surface area contributed by atoms with E-state index in [2.05, 4.69) is 10.6 Å². The Morgan fingerprint density at radius 3 is 2.48 bits per heavy atom. The summed E-state index contributed by atoms with van der Waals surface area (Å²) in [7, 11) is 1.53. The second kappa shape index (κ2) is 9.12. The van der Waals surface area contributed by atoms with E-state index < -0.39 is 5.91 Å². The molecule has 0 radical (unpaired) electrons. The molecule has 3 amide bonds. The lowest BCUT2D eigenvalue weighted by atomic mass is 9.92. The Balaban J connectivity index is 1.75. The van der Waals surface area contributed by atoms with Crippen LogP contribution in [-0.2, 0) is 9.59 Å². The fourth-order valence-corrected chi connectivity index (χ4v) is 3.81. The van der Waals surface area contributed by atoms with Gasteiger partial charge in [0.15, 0.2) is 0 Å². The molecule has 0 atom stereocenters. The number of carbonyl (C=O) groups is 3. The minimum atomic E-state index is -0.618. The van der Waals surface area contributed by atoms with Crippen LogP contribution in [0.1, 0.15) is 28.8 Å². The molecule has 1 aromatic heterocycles.